The van der Waals surface area contributed by atoms with Gasteiger partial charge in [-0.25, -0.2) is 0 Å². The maximum Gasteiger partial charge on any atom is 0.573 e. The maximum absolute atomic E-state index is 11.9. The summed E-state index contributed by atoms with van der Waals surface area (Å²) in [6.07, 6.45) is -4.74. The van der Waals surface area contributed by atoms with Crippen molar-refractivity contribution in [3.05, 3.63) is 27.3 Å². The summed E-state index contributed by atoms with van der Waals surface area (Å²) in [5.74, 6) is -0.680. The average molecular weight is 330 g/mol. The molecule has 1 rings (SSSR count). The molecule has 0 unspecified atom stereocenters. The molecule has 0 N–H and O–H groups in total. The van der Waals surface area contributed by atoms with E-state index in [0.717, 1.165) is 6.07 Å². The number of halogens is 4. The quantitative estimate of drug-likeness (QED) is 0.614. The van der Waals surface area contributed by atoms with Crippen LogP contribution in [0.1, 0.15) is 17.3 Å². The highest BCUT2D eigenvalue weighted by molar-refractivity contribution is 14.1. The molecule has 0 bridgehead atoms. The lowest BCUT2D eigenvalue weighted by atomic mass is 10.1. The summed E-state index contributed by atoms with van der Waals surface area (Å²) in [4.78, 5) is 11.0. The number of ether oxygens (including phenoxy) is 1. The molecule has 6 heteroatoms. The van der Waals surface area contributed by atoms with Crippen LogP contribution in [0, 0.1) is 3.57 Å². The summed E-state index contributed by atoms with van der Waals surface area (Å²) in [6.45, 7) is 1.28. The van der Waals surface area contributed by atoms with Crippen molar-refractivity contribution >= 4 is 28.4 Å². The third-order valence-electron chi connectivity index (χ3n) is 1.51. The third kappa shape index (κ3) is 4.06. The van der Waals surface area contributed by atoms with E-state index < -0.39 is 6.36 Å². The molecular weight excluding hydrogens is 324 g/mol. The molecule has 0 heterocycles. The van der Waals surface area contributed by atoms with E-state index in [1.807, 2.05) is 22.6 Å². The molecule has 82 valence electrons. The number of alkyl halides is 3. The SMILES string of the molecule is CC(=O)c1cc(I)cc(OC(F)(F)F)c1. The van der Waals surface area contributed by atoms with E-state index in [9.17, 15) is 18.0 Å². The van der Waals surface area contributed by atoms with E-state index in [-0.39, 0.29) is 17.1 Å². The van der Waals surface area contributed by atoms with Crippen LogP contribution in [-0.2, 0) is 0 Å². The second-order valence-electron chi connectivity index (χ2n) is 2.78. The lowest BCUT2D eigenvalue weighted by Gasteiger charge is -2.09. The fraction of sp³-hybridized carbons (Fsp3) is 0.222. The second kappa shape index (κ2) is 4.38. The van der Waals surface area contributed by atoms with Crippen molar-refractivity contribution in [2.45, 2.75) is 13.3 Å². The highest BCUT2D eigenvalue weighted by atomic mass is 127. The number of rotatable bonds is 2. The molecule has 0 fully saturated rings. The lowest BCUT2D eigenvalue weighted by Crippen LogP contribution is -2.17. The first kappa shape index (κ1) is 12.3. The molecule has 0 atom stereocenters. The fourth-order valence-corrected chi connectivity index (χ4v) is 1.60. The van der Waals surface area contributed by atoms with Crippen molar-refractivity contribution in [3.8, 4) is 5.75 Å². The summed E-state index contributed by atoms with van der Waals surface area (Å²) in [6, 6.07) is 3.77. The Morgan fingerprint density at radius 2 is 1.93 bits per heavy atom. The Hall–Kier alpha value is -0.790. The van der Waals surface area contributed by atoms with Gasteiger partial charge in [-0.15, -0.1) is 13.2 Å². The summed E-state index contributed by atoms with van der Waals surface area (Å²) in [7, 11) is 0. The molecule has 1 aromatic rings. The summed E-state index contributed by atoms with van der Waals surface area (Å²) >= 11 is 1.82. The number of benzene rings is 1. The predicted molar refractivity (Wildman–Crippen MR) is 55.8 cm³/mol. The number of ketones is 1. The summed E-state index contributed by atoms with van der Waals surface area (Å²) in [5, 5.41) is 0. The molecule has 0 aliphatic rings. The number of carbonyl (C=O) groups excluding carboxylic acids is 1. The number of hydrogen-bond acceptors (Lipinski definition) is 2. The molecule has 1 aromatic carbocycles. The van der Waals surface area contributed by atoms with Gasteiger partial charge in [-0.1, -0.05) is 0 Å². The van der Waals surface area contributed by atoms with Gasteiger partial charge in [0.25, 0.3) is 0 Å². The van der Waals surface area contributed by atoms with Gasteiger partial charge in [0.15, 0.2) is 5.78 Å². The highest BCUT2D eigenvalue weighted by Gasteiger charge is 2.31. The van der Waals surface area contributed by atoms with Crippen molar-refractivity contribution in [2.75, 3.05) is 0 Å². The monoisotopic (exact) mass is 330 g/mol. The molecule has 0 aliphatic heterocycles. The Balaban J connectivity index is 3.04. The van der Waals surface area contributed by atoms with Crippen LogP contribution in [0.2, 0.25) is 0 Å². The largest absolute Gasteiger partial charge is 0.573 e. The predicted octanol–water partition coefficient (Wildman–Crippen LogP) is 3.39. The zero-order valence-corrected chi connectivity index (χ0v) is 9.72. The second-order valence-corrected chi connectivity index (χ2v) is 4.03. The van der Waals surface area contributed by atoms with Crippen molar-refractivity contribution in [1.29, 1.82) is 0 Å². The average Bonchev–Trinajstić information content (AvgIpc) is 1.99. The van der Waals surface area contributed by atoms with Crippen LogP contribution in [0.3, 0.4) is 0 Å². The van der Waals surface area contributed by atoms with Gasteiger partial charge in [-0.05, 0) is 47.7 Å². The number of Topliss-reactive ketones (excluding diaryl/α,β-unsaturated/α-hetero) is 1. The van der Waals surface area contributed by atoms with E-state index in [1.165, 1.54) is 19.1 Å². The van der Waals surface area contributed by atoms with E-state index in [0.29, 0.717) is 3.57 Å². The van der Waals surface area contributed by atoms with Gasteiger partial charge in [0, 0.05) is 9.13 Å². The van der Waals surface area contributed by atoms with Crippen LogP contribution in [0.25, 0.3) is 0 Å². The minimum atomic E-state index is -4.74. The summed E-state index contributed by atoms with van der Waals surface area (Å²) in [5.41, 5.74) is 0.196. The topological polar surface area (TPSA) is 26.3 Å². The molecule has 0 aromatic heterocycles. The Bertz CT molecular complexity index is 387. The van der Waals surface area contributed by atoms with Crippen LogP contribution < -0.4 is 4.74 Å². The van der Waals surface area contributed by atoms with Gasteiger partial charge in [0.1, 0.15) is 5.75 Å². The molecular formula is C9H6F3IO2. The Labute approximate surface area is 97.6 Å². The Morgan fingerprint density at radius 3 is 2.40 bits per heavy atom. The van der Waals surface area contributed by atoms with E-state index >= 15 is 0 Å². The van der Waals surface area contributed by atoms with Crippen LogP contribution in [0.4, 0.5) is 13.2 Å². The van der Waals surface area contributed by atoms with Gasteiger partial charge in [0.2, 0.25) is 0 Å². The Kier molecular flexibility index (Phi) is 3.58. The maximum atomic E-state index is 11.9. The van der Waals surface area contributed by atoms with Gasteiger partial charge in [0.05, 0.1) is 0 Å². The van der Waals surface area contributed by atoms with Crippen molar-refractivity contribution in [3.63, 3.8) is 0 Å². The molecule has 0 saturated carbocycles. The van der Waals surface area contributed by atoms with Gasteiger partial charge >= 0.3 is 6.36 Å². The lowest BCUT2D eigenvalue weighted by molar-refractivity contribution is -0.274. The third-order valence-corrected chi connectivity index (χ3v) is 2.13. The minimum absolute atomic E-state index is 0.196. The van der Waals surface area contributed by atoms with Crippen LogP contribution in [-0.4, -0.2) is 12.1 Å². The minimum Gasteiger partial charge on any atom is -0.406 e. The van der Waals surface area contributed by atoms with Gasteiger partial charge in [-0.3, -0.25) is 4.79 Å². The van der Waals surface area contributed by atoms with Crippen molar-refractivity contribution in [1.82, 2.24) is 0 Å². The molecule has 0 spiro atoms. The first-order valence-corrected chi connectivity index (χ1v) is 4.93. The van der Waals surface area contributed by atoms with Crippen LogP contribution in [0.15, 0.2) is 18.2 Å². The molecule has 0 aliphatic carbocycles. The smallest absolute Gasteiger partial charge is 0.406 e. The van der Waals surface area contributed by atoms with Gasteiger partial charge < -0.3 is 4.74 Å². The molecule has 2 nitrogen and oxygen atoms in total. The highest BCUT2D eigenvalue weighted by Crippen LogP contribution is 2.25. The number of hydrogen-bond donors (Lipinski definition) is 0. The fourth-order valence-electron chi connectivity index (χ4n) is 0.959. The molecule has 0 saturated heterocycles. The first-order chi connectivity index (χ1) is 6.78. The van der Waals surface area contributed by atoms with E-state index in [1.54, 1.807) is 0 Å². The van der Waals surface area contributed by atoms with Crippen LogP contribution in [0.5, 0.6) is 5.75 Å². The van der Waals surface area contributed by atoms with Crippen LogP contribution >= 0.6 is 22.6 Å². The standard InChI is InChI=1S/C9H6F3IO2/c1-5(14)6-2-7(13)4-8(3-6)15-9(10,11)12/h2-4H,1H3. The molecule has 0 amide bonds. The molecule has 0 radical (unpaired) electrons. The van der Waals surface area contributed by atoms with E-state index in [4.69, 9.17) is 0 Å². The van der Waals surface area contributed by atoms with Crippen molar-refractivity contribution < 1.29 is 22.7 Å². The van der Waals surface area contributed by atoms with Gasteiger partial charge in [-0.2, -0.15) is 0 Å². The summed E-state index contributed by atoms with van der Waals surface area (Å²) < 4.78 is 39.9. The first-order valence-electron chi connectivity index (χ1n) is 3.85. The molecule has 15 heavy (non-hydrogen) atoms. The van der Waals surface area contributed by atoms with Crippen molar-refractivity contribution in [2.24, 2.45) is 0 Å². The zero-order valence-electron chi connectivity index (χ0n) is 7.56. The Morgan fingerprint density at radius 1 is 1.33 bits per heavy atom. The number of carbonyl (C=O) groups is 1. The zero-order chi connectivity index (χ0) is 11.6. The normalized spacial score (nSPS) is 11.3. The van der Waals surface area contributed by atoms with E-state index in [2.05, 4.69) is 4.74 Å².